The van der Waals surface area contributed by atoms with Crippen molar-refractivity contribution in [1.82, 2.24) is 30.1 Å². The summed E-state index contributed by atoms with van der Waals surface area (Å²) in [6.07, 6.45) is 5.22. The van der Waals surface area contributed by atoms with Crippen LogP contribution in [0.3, 0.4) is 0 Å². The Bertz CT molecular complexity index is 1750. The maximum absolute atomic E-state index is 16.0. The van der Waals surface area contributed by atoms with Crippen molar-refractivity contribution in [3.8, 4) is 33.8 Å². The average Bonchev–Trinajstić information content (AvgIpc) is 3.62. The Morgan fingerprint density at radius 2 is 2.03 bits per heavy atom. The number of hydrogen-bond acceptors (Lipinski definition) is 6. The zero-order valence-corrected chi connectivity index (χ0v) is 20.9. The number of aromatic nitrogens is 6. The van der Waals surface area contributed by atoms with Crippen molar-refractivity contribution in [2.45, 2.75) is 20.3 Å². The van der Waals surface area contributed by atoms with Crippen LogP contribution < -0.4 is 5.32 Å². The van der Waals surface area contributed by atoms with Gasteiger partial charge >= 0.3 is 0 Å². The smallest absolute Gasteiger partial charge is 0.224 e. The number of H-pyrrole nitrogens is 2. The Kier molecular flexibility index (Phi) is 5.72. The third-order valence-electron chi connectivity index (χ3n) is 6.04. The zero-order valence-electron chi connectivity index (χ0n) is 20.0. The molecular formula is C27H22FN7OS. The summed E-state index contributed by atoms with van der Waals surface area (Å²) in [6.45, 7) is 3.95. The van der Waals surface area contributed by atoms with Gasteiger partial charge in [-0.15, -0.1) is 0 Å². The first-order chi connectivity index (χ1) is 18.0. The van der Waals surface area contributed by atoms with Gasteiger partial charge in [-0.25, -0.2) is 14.4 Å². The number of thiophene rings is 1. The number of hydrogen-bond donors (Lipinski definition) is 3. The number of fused-ring (bicyclic) bond motifs is 2. The number of anilines is 1. The van der Waals surface area contributed by atoms with Crippen LogP contribution in [0.15, 0.2) is 59.7 Å². The maximum Gasteiger partial charge on any atom is 0.224 e. The van der Waals surface area contributed by atoms with Crippen LogP contribution in [0.2, 0.25) is 0 Å². The number of pyridine rings is 2. The summed E-state index contributed by atoms with van der Waals surface area (Å²) in [7, 11) is 0. The molecule has 0 aliphatic heterocycles. The van der Waals surface area contributed by atoms with Crippen LogP contribution in [-0.2, 0) is 4.79 Å². The molecule has 0 atom stereocenters. The van der Waals surface area contributed by atoms with Gasteiger partial charge in [0.1, 0.15) is 11.5 Å². The van der Waals surface area contributed by atoms with E-state index in [4.69, 9.17) is 0 Å². The summed E-state index contributed by atoms with van der Waals surface area (Å²) in [5, 5.41) is 14.5. The number of nitrogens with one attached hydrogen (secondary N) is 3. The van der Waals surface area contributed by atoms with Crippen LogP contribution in [-0.4, -0.2) is 36.0 Å². The summed E-state index contributed by atoms with van der Waals surface area (Å²) in [6, 6.07) is 9.11. The number of halogens is 1. The molecule has 0 unspecified atom stereocenters. The summed E-state index contributed by atoms with van der Waals surface area (Å²) in [5.41, 5.74) is 5.61. The third kappa shape index (κ3) is 4.25. The van der Waals surface area contributed by atoms with Gasteiger partial charge in [-0.1, -0.05) is 13.8 Å². The van der Waals surface area contributed by atoms with E-state index in [9.17, 15) is 4.79 Å². The van der Waals surface area contributed by atoms with Gasteiger partial charge < -0.3 is 10.3 Å². The van der Waals surface area contributed by atoms with Gasteiger partial charge in [0.15, 0.2) is 11.5 Å². The topological polar surface area (TPSA) is 112 Å². The van der Waals surface area contributed by atoms with E-state index in [-0.39, 0.29) is 11.8 Å². The fourth-order valence-corrected chi connectivity index (χ4v) is 5.04. The fraction of sp³-hybridized carbons (Fsp3) is 0.148. The van der Waals surface area contributed by atoms with Crippen molar-refractivity contribution in [3.63, 3.8) is 0 Å². The first-order valence-electron chi connectivity index (χ1n) is 11.8. The number of carbonyl (C=O) groups excluding carboxylic acids is 1. The van der Waals surface area contributed by atoms with Gasteiger partial charge in [-0.3, -0.25) is 14.9 Å². The van der Waals surface area contributed by atoms with Gasteiger partial charge in [-0.2, -0.15) is 16.4 Å². The normalized spacial score (nSPS) is 11.6. The number of imidazole rings is 1. The molecule has 0 radical (unpaired) electrons. The lowest BCUT2D eigenvalue weighted by Crippen LogP contribution is -2.14. The highest BCUT2D eigenvalue weighted by atomic mass is 32.1. The number of amides is 1. The van der Waals surface area contributed by atoms with E-state index in [1.165, 1.54) is 0 Å². The molecule has 0 aliphatic rings. The standard InChI is InChI=1S/C27H22FN7OS/c1-14(2)9-21(36)31-17-10-16(11-29-12-17)18-3-4-20-22(23(18)28)25(35-34-20)27-32-24-19(15-6-8-37-13-15)5-7-30-26(24)33-27/h3-8,10-14H,9H2,1-2H3,(H,31,36)(H,34,35)(H,30,32,33). The number of aromatic amines is 2. The Hall–Kier alpha value is -4.44. The Morgan fingerprint density at radius 3 is 2.84 bits per heavy atom. The van der Waals surface area contributed by atoms with Crippen LogP contribution >= 0.6 is 11.3 Å². The summed E-state index contributed by atoms with van der Waals surface area (Å²) < 4.78 is 16.0. The molecule has 1 aromatic carbocycles. The Labute approximate surface area is 215 Å². The molecule has 5 heterocycles. The van der Waals surface area contributed by atoms with Gasteiger partial charge in [0.05, 0.1) is 28.3 Å². The molecule has 3 N–H and O–H groups in total. The van der Waals surface area contributed by atoms with Gasteiger partial charge in [-0.05, 0) is 52.6 Å². The van der Waals surface area contributed by atoms with Crippen LogP contribution in [0.4, 0.5) is 10.1 Å². The third-order valence-corrected chi connectivity index (χ3v) is 6.73. The second-order valence-corrected chi connectivity index (χ2v) is 9.96. The zero-order chi connectivity index (χ0) is 25.5. The lowest BCUT2D eigenvalue weighted by Gasteiger charge is -2.09. The molecule has 0 saturated carbocycles. The average molecular weight is 512 g/mol. The van der Waals surface area contributed by atoms with Gasteiger partial charge in [0.2, 0.25) is 5.91 Å². The minimum Gasteiger partial charge on any atom is -0.335 e. The molecule has 1 amide bonds. The van der Waals surface area contributed by atoms with Gasteiger partial charge in [0.25, 0.3) is 0 Å². The van der Waals surface area contributed by atoms with Crippen LogP contribution in [0.5, 0.6) is 0 Å². The minimum atomic E-state index is -0.458. The lowest BCUT2D eigenvalue weighted by molar-refractivity contribution is -0.116. The first kappa shape index (κ1) is 23.0. The molecule has 0 fully saturated rings. The van der Waals surface area contributed by atoms with E-state index in [0.717, 1.165) is 16.6 Å². The molecule has 37 heavy (non-hydrogen) atoms. The highest BCUT2D eigenvalue weighted by molar-refractivity contribution is 7.08. The van der Waals surface area contributed by atoms with Crippen LogP contribution in [0.25, 0.3) is 55.8 Å². The summed E-state index contributed by atoms with van der Waals surface area (Å²) in [5.74, 6) is 0.0769. The molecule has 10 heteroatoms. The van der Waals surface area contributed by atoms with Crippen molar-refractivity contribution >= 4 is 45.0 Å². The van der Waals surface area contributed by atoms with E-state index in [0.29, 0.717) is 51.3 Å². The Balaban J connectivity index is 1.42. The first-order valence-corrected chi connectivity index (χ1v) is 12.7. The Morgan fingerprint density at radius 1 is 1.14 bits per heavy atom. The fourth-order valence-electron chi connectivity index (χ4n) is 4.39. The molecule has 6 aromatic rings. The van der Waals surface area contributed by atoms with Crippen molar-refractivity contribution in [1.29, 1.82) is 0 Å². The molecule has 5 aromatic heterocycles. The highest BCUT2D eigenvalue weighted by Gasteiger charge is 2.21. The van der Waals surface area contributed by atoms with Crippen molar-refractivity contribution in [2.24, 2.45) is 5.92 Å². The van der Waals surface area contributed by atoms with Crippen molar-refractivity contribution in [3.05, 3.63) is 65.5 Å². The van der Waals surface area contributed by atoms with Crippen LogP contribution in [0, 0.1) is 11.7 Å². The van der Waals surface area contributed by atoms with E-state index < -0.39 is 5.82 Å². The van der Waals surface area contributed by atoms with Gasteiger partial charge in [0, 0.05) is 35.5 Å². The second kappa shape index (κ2) is 9.21. The van der Waals surface area contributed by atoms with E-state index in [2.05, 4.69) is 40.8 Å². The molecular weight excluding hydrogens is 489 g/mol. The lowest BCUT2D eigenvalue weighted by atomic mass is 10.0. The number of benzene rings is 1. The molecule has 0 saturated heterocycles. The maximum atomic E-state index is 16.0. The van der Waals surface area contributed by atoms with E-state index >= 15 is 4.39 Å². The number of nitrogens with zero attached hydrogens (tertiary/aromatic N) is 4. The molecule has 0 bridgehead atoms. The van der Waals surface area contributed by atoms with E-state index in [1.54, 1.807) is 48.1 Å². The summed E-state index contributed by atoms with van der Waals surface area (Å²) in [4.78, 5) is 28.7. The summed E-state index contributed by atoms with van der Waals surface area (Å²) >= 11 is 1.61. The minimum absolute atomic E-state index is 0.109. The largest absolute Gasteiger partial charge is 0.335 e. The van der Waals surface area contributed by atoms with Crippen LogP contribution in [0.1, 0.15) is 20.3 Å². The molecule has 0 spiro atoms. The second-order valence-electron chi connectivity index (χ2n) is 9.18. The predicted octanol–water partition coefficient (Wildman–Crippen LogP) is 6.42. The van der Waals surface area contributed by atoms with Crippen molar-refractivity contribution < 1.29 is 9.18 Å². The molecule has 0 aliphatic carbocycles. The number of rotatable bonds is 6. The highest BCUT2D eigenvalue weighted by Crippen LogP contribution is 2.35. The van der Waals surface area contributed by atoms with E-state index in [1.807, 2.05) is 31.4 Å². The SMILES string of the molecule is CC(C)CC(=O)Nc1cncc(-c2ccc3[nH]nc(-c4nc5nccc(-c6ccsc6)c5[nH]4)c3c2F)c1. The number of carbonyl (C=O) groups is 1. The quantitative estimate of drug-likeness (QED) is 0.239. The molecule has 6 rings (SSSR count). The van der Waals surface area contributed by atoms with Crippen molar-refractivity contribution in [2.75, 3.05) is 5.32 Å². The molecule has 184 valence electrons. The predicted molar refractivity (Wildman–Crippen MR) is 144 cm³/mol. The molecule has 8 nitrogen and oxygen atoms in total. The monoisotopic (exact) mass is 511 g/mol.